The molecule has 0 bridgehead atoms. The van der Waals surface area contributed by atoms with Crippen LogP contribution in [-0.2, 0) is 32.8 Å². The smallest absolute Gasteiger partial charge is 0.304 e. The number of anilines is 1. The largest absolute Gasteiger partial charge is 0.352 e. The van der Waals surface area contributed by atoms with Crippen LogP contribution in [0.1, 0.15) is 37.0 Å². The van der Waals surface area contributed by atoms with E-state index in [-0.39, 0.29) is 30.6 Å². The molecule has 0 saturated carbocycles. The van der Waals surface area contributed by atoms with Crippen molar-refractivity contribution < 1.29 is 22.4 Å². The molecule has 10 heteroatoms. The van der Waals surface area contributed by atoms with E-state index >= 15 is 0 Å². The minimum absolute atomic E-state index is 0.0885. The Morgan fingerprint density at radius 3 is 2.15 bits per heavy atom. The fourth-order valence-electron chi connectivity index (χ4n) is 4.33. The van der Waals surface area contributed by atoms with Crippen LogP contribution in [0.5, 0.6) is 0 Å². The predicted molar refractivity (Wildman–Crippen MR) is 160 cm³/mol. The maximum absolute atomic E-state index is 14.2. The van der Waals surface area contributed by atoms with Crippen LogP contribution in [0.15, 0.2) is 78.9 Å². The Morgan fingerprint density at radius 1 is 0.927 bits per heavy atom. The van der Waals surface area contributed by atoms with E-state index in [1.165, 1.54) is 31.1 Å². The Labute approximate surface area is 243 Å². The second kappa shape index (κ2) is 14.2. The van der Waals surface area contributed by atoms with Crippen molar-refractivity contribution in [2.75, 3.05) is 24.9 Å². The summed E-state index contributed by atoms with van der Waals surface area (Å²) in [6, 6.07) is 20.9. The molecule has 3 rings (SSSR count). The summed E-state index contributed by atoms with van der Waals surface area (Å²) in [6.45, 7) is 5.29. The Bertz CT molecular complexity index is 1420. The highest BCUT2D eigenvalue weighted by Crippen LogP contribution is 2.22. The Hall–Kier alpha value is -3.76. The van der Waals surface area contributed by atoms with Crippen LogP contribution in [0.25, 0.3) is 0 Å². The number of halogens is 1. The van der Waals surface area contributed by atoms with Crippen LogP contribution in [-0.4, -0.2) is 62.2 Å². The summed E-state index contributed by atoms with van der Waals surface area (Å²) in [5.74, 6) is -1.43. The van der Waals surface area contributed by atoms with Gasteiger partial charge in [-0.25, -0.2) is 8.70 Å². The molecule has 0 radical (unpaired) electrons. The molecular formula is C31H39FN4O4S. The molecule has 0 aliphatic rings. The summed E-state index contributed by atoms with van der Waals surface area (Å²) in [4.78, 5) is 29.4. The van der Waals surface area contributed by atoms with Crippen LogP contribution in [0.4, 0.5) is 10.1 Å². The van der Waals surface area contributed by atoms with E-state index < -0.39 is 34.5 Å². The van der Waals surface area contributed by atoms with Gasteiger partial charge >= 0.3 is 10.2 Å². The molecule has 0 aromatic heterocycles. The minimum atomic E-state index is -4.14. The number of nitrogens with one attached hydrogen (secondary N) is 1. The molecule has 2 atom stereocenters. The molecule has 0 fully saturated rings. The normalized spacial score (nSPS) is 13.0. The first-order chi connectivity index (χ1) is 19.4. The molecule has 2 amide bonds. The van der Waals surface area contributed by atoms with Crippen molar-refractivity contribution in [3.8, 4) is 0 Å². The summed E-state index contributed by atoms with van der Waals surface area (Å²) >= 11 is 0. The van der Waals surface area contributed by atoms with Gasteiger partial charge in [0.05, 0.1) is 5.69 Å². The monoisotopic (exact) mass is 582 g/mol. The third kappa shape index (κ3) is 8.61. The lowest BCUT2D eigenvalue weighted by atomic mass is 10.0. The number of carbonyl (C=O) groups excluding carboxylic acids is 2. The number of amides is 2. The Kier molecular flexibility index (Phi) is 11.0. The maximum atomic E-state index is 14.2. The average Bonchev–Trinajstić information content (AvgIpc) is 2.94. The molecule has 0 aliphatic carbocycles. The standard InChI is InChI=1S/C31H39FN4O4S/c1-6-24(3)33-31(38)29(20-25-12-8-7-9-13-25)35(21-26-14-10-11-23(2)19-26)30(37)22-36(41(39,40)34(4)5)28-17-15-27(32)16-18-28/h7-19,24,29H,6,20-22H2,1-5H3,(H,33,38)/t24-,29+/m1/s1. The van der Waals surface area contributed by atoms with Gasteiger partial charge in [0.25, 0.3) is 0 Å². The molecule has 0 unspecified atom stereocenters. The zero-order valence-corrected chi connectivity index (χ0v) is 25.1. The zero-order chi connectivity index (χ0) is 30.2. The zero-order valence-electron chi connectivity index (χ0n) is 24.2. The van der Waals surface area contributed by atoms with Gasteiger partial charge in [-0.15, -0.1) is 0 Å². The molecule has 8 nitrogen and oxygen atoms in total. The number of hydrogen-bond donors (Lipinski definition) is 1. The van der Waals surface area contributed by atoms with Gasteiger partial charge in [-0.05, 0) is 55.7 Å². The average molecular weight is 583 g/mol. The topological polar surface area (TPSA) is 90.0 Å². The summed E-state index contributed by atoms with van der Waals surface area (Å²) in [5, 5.41) is 3.01. The van der Waals surface area contributed by atoms with Gasteiger partial charge in [0.2, 0.25) is 11.8 Å². The van der Waals surface area contributed by atoms with E-state index in [0.717, 1.165) is 37.4 Å². The highest BCUT2D eigenvalue weighted by molar-refractivity contribution is 7.90. The summed E-state index contributed by atoms with van der Waals surface area (Å²) in [7, 11) is -1.43. The molecule has 1 N–H and O–H groups in total. The van der Waals surface area contributed by atoms with E-state index in [9.17, 15) is 22.4 Å². The van der Waals surface area contributed by atoms with E-state index in [2.05, 4.69) is 5.32 Å². The molecule has 0 saturated heterocycles. The van der Waals surface area contributed by atoms with E-state index in [1.54, 1.807) is 0 Å². The van der Waals surface area contributed by atoms with Gasteiger partial charge in [0, 0.05) is 33.1 Å². The van der Waals surface area contributed by atoms with Crippen molar-refractivity contribution in [2.24, 2.45) is 0 Å². The predicted octanol–water partition coefficient (Wildman–Crippen LogP) is 4.30. The Balaban J connectivity index is 2.09. The lowest BCUT2D eigenvalue weighted by Crippen LogP contribution is -2.55. The fraction of sp³-hybridized carbons (Fsp3) is 0.355. The lowest BCUT2D eigenvalue weighted by Gasteiger charge is -2.35. The summed E-state index contributed by atoms with van der Waals surface area (Å²) < 4.78 is 42.4. The van der Waals surface area contributed by atoms with Crippen LogP contribution in [0.3, 0.4) is 0 Å². The van der Waals surface area contributed by atoms with Crippen LogP contribution < -0.4 is 9.62 Å². The highest BCUT2D eigenvalue weighted by atomic mass is 32.2. The SMILES string of the molecule is CC[C@@H](C)NC(=O)[C@H](Cc1ccccc1)N(Cc1cccc(C)c1)C(=O)CN(c1ccc(F)cc1)S(=O)(=O)N(C)C. The molecule has 3 aromatic rings. The minimum Gasteiger partial charge on any atom is -0.352 e. The molecule has 220 valence electrons. The number of benzene rings is 3. The first kappa shape index (κ1) is 31.8. The second-order valence-corrected chi connectivity index (χ2v) is 12.4. The van der Waals surface area contributed by atoms with Gasteiger partial charge in [0.15, 0.2) is 0 Å². The maximum Gasteiger partial charge on any atom is 0.304 e. The molecule has 0 spiro atoms. The number of rotatable bonds is 13. The van der Waals surface area contributed by atoms with Crippen molar-refractivity contribution in [1.29, 1.82) is 0 Å². The van der Waals surface area contributed by atoms with Crippen LogP contribution in [0, 0.1) is 12.7 Å². The van der Waals surface area contributed by atoms with Gasteiger partial charge in [-0.3, -0.25) is 9.59 Å². The summed E-state index contributed by atoms with van der Waals surface area (Å²) in [6.07, 6.45) is 0.937. The van der Waals surface area contributed by atoms with Crippen molar-refractivity contribution in [3.63, 3.8) is 0 Å². The first-order valence-corrected chi connectivity index (χ1v) is 15.0. The fourth-order valence-corrected chi connectivity index (χ4v) is 5.38. The van der Waals surface area contributed by atoms with Gasteiger partial charge in [-0.1, -0.05) is 67.1 Å². The number of hydrogen-bond acceptors (Lipinski definition) is 4. The molecular weight excluding hydrogens is 543 g/mol. The van der Waals surface area contributed by atoms with Crippen molar-refractivity contribution in [3.05, 3.63) is 101 Å². The van der Waals surface area contributed by atoms with Crippen molar-refractivity contribution in [2.45, 2.75) is 52.2 Å². The highest BCUT2D eigenvalue weighted by Gasteiger charge is 2.35. The van der Waals surface area contributed by atoms with Gasteiger partial charge in [0.1, 0.15) is 18.4 Å². The lowest BCUT2D eigenvalue weighted by molar-refractivity contribution is -0.140. The third-order valence-electron chi connectivity index (χ3n) is 6.84. The second-order valence-electron chi connectivity index (χ2n) is 10.3. The van der Waals surface area contributed by atoms with Crippen LogP contribution >= 0.6 is 0 Å². The number of carbonyl (C=O) groups is 2. The molecule has 0 heterocycles. The first-order valence-electron chi connectivity index (χ1n) is 13.6. The van der Waals surface area contributed by atoms with E-state index in [1.807, 2.05) is 75.4 Å². The molecule has 0 aliphatic heterocycles. The number of aryl methyl sites for hydroxylation is 1. The van der Waals surface area contributed by atoms with Gasteiger partial charge < -0.3 is 10.2 Å². The van der Waals surface area contributed by atoms with Crippen molar-refractivity contribution >= 4 is 27.7 Å². The molecule has 3 aromatic carbocycles. The quantitative estimate of drug-likeness (QED) is 0.326. The van der Waals surface area contributed by atoms with E-state index in [4.69, 9.17) is 0 Å². The Morgan fingerprint density at radius 2 is 1.56 bits per heavy atom. The molecule has 41 heavy (non-hydrogen) atoms. The van der Waals surface area contributed by atoms with Crippen LogP contribution in [0.2, 0.25) is 0 Å². The summed E-state index contributed by atoms with van der Waals surface area (Å²) in [5.41, 5.74) is 2.78. The van der Waals surface area contributed by atoms with Crippen molar-refractivity contribution in [1.82, 2.24) is 14.5 Å². The van der Waals surface area contributed by atoms with E-state index in [0.29, 0.717) is 6.42 Å². The van der Waals surface area contributed by atoms with Gasteiger partial charge in [-0.2, -0.15) is 12.7 Å². The third-order valence-corrected chi connectivity index (χ3v) is 8.66. The number of nitrogens with zero attached hydrogens (tertiary/aromatic N) is 3.